The van der Waals surface area contributed by atoms with Crippen LogP contribution in [0.4, 0.5) is 0 Å². The van der Waals surface area contributed by atoms with Crippen LogP contribution in [0, 0.1) is 0 Å². The summed E-state index contributed by atoms with van der Waals surface area (Å²) in [5.74, 6) is 0.519. The van der Waals surface area contributed by atoms with Crippen LogP contribution in [0.25, 0.3) is 0 Å². The third-order valence-corrected chi connectivity index (χ3v) is 4.36. The van der Waals surface area contributed by atoms with E-state index in [1.807, 2.05) is 5.38 Å². The van der Waals surface area contributed by atoms with E-state index < -0.39 is 0 Å². The predicted octanol–water partition coefficient (Wildman–Crippen LogP) is 4.40. The van der Waals surface area contributed by atoms with Crippen molar-refractivity contribution in [3.8, 4) is 5.75 Å². The van der Waals surface area contributed by atoms with E-state index in [4.69, 9.17) is 16.3 Å². The largest absolute Gasteiger partial charge is 0.495 e. The highest BCUT2D eigenvalue weighted by Crippen LogP contribution is 2.29. The number of carbonyl (C=O) groups excluding carboxylic acids is 1. The van der Waals surface area contributed by atoms with Gasteiger partial charge in [-0.05, 0) is 45.6 Å². The summed E-state index contributed by atoms with van der Waals surface area (Å²) in [5, 5.41) is 2.35. The van der Waals surface area contributed by atoms with Crippen molar-refractivity contribution < 1.29 is 9.53 Å². The van der Waals surface area contributed by atoms with Crippen molar-refractivity contribution in [1.82, 2.24) is 0 Å². The van der Waals surface area contributed by atoms with Gasteiger partial charge in [0.25, 0.3) is 0 Å². The van der Waals surface area contributed by atoms with E-state index in [2.05, 4.69) is 15.9 Å². The van der Waals surface area contributed by atoms with E-state index in [0.29, 0.717) is 21.2 Å². The molecule has 0 aliphatic carbocycles. The second-order valence-electron chi connectivity index (χ2n) is 3.28. The molecule has 0 radical (unpaired) electrons. The lowest BCUT2D eigenvalue weighted by molar-refractivity contribution is 0.104. The zero-order valence-electron chi connectivity index (χ0n) is 8.87. The van der Waals surface area contributed by atoms with Crippen LogP contribution in [0.15, 0.2) is 34.1 Å². The van der Waals surface area contributed by atoms with Crippen molar-refractivity contribution in [2.45, 2.75) is 0 Å². The van der Waals surface area contributed by atoms with Gasteiger partial charge in [0.2, 0.25) is 5.78 Å². The highest BCUT2D eigenvalue weighted by Gasteiger charge is 2.16. The van der Waals surface area contributed by atoms with Gasteiger partial charge in [-0.2, -0.15) is 0 Å². The number of thiophene rings is 1. The smallest absolute Gasteiger partial charge is 0.206 e. The first kappa shape index (κ1) is 12.6. The SMILES string of the molecule is COc1ccsc1C(=O)c1ccc(Br)c(Cl)c1. The molecule has 88 valence electrons. The Morgan fingerprint density at radius 2 is 2.18 bits per heavy atom. The van der Waals surface area contributed by atoms with Crippen molar-refractivity contribution >= 4 is 44.7 Å². The fourth-order valence-electron chi connectivity index (χ4n) is 1.39. The zero-order valence-corrected chi connectivity index (χ0v) is 12.0. The van der Waals surface area contributed by atoms with E-state index in [9.17, 15) is 4.79 Å². The molecule has 5 heteroatoms. The van der Waals surface area contributed by atoms with Crippen LogP contribution in [0.2, 0.25) is 5.02 Å². The molecule has 2 aromatic rings. The molecule has 1 aromatic carbocycles. The summed E-state index contributed by atoms with van der Waals surface area (Å²) in [4.78, 5) is 12.8. The fourth-order valence-corrected chi connectivity index (χ4v) is 2.64. The van der Waals surface area contributed by atoms with Crippen LogP contribution < -0.4 is 4.74 Å². The molecule has 0 aliphatic rings. The summed E-state index contributed by atoms with van der Waals surface area (Å²) in [6.07, 6.45) is 0. The Labute approximate surface area is 116 Å². The van der Waals surface area contributed by atoms with E-state index in [0.717, 1.165) is 4.47 Å². The summed E-state index contributed by atoms with van der Waals surface area (Å²) in [6.45, 7) is 0. The van der Waals surface area contributed by atoms with Gasteiger partial charge in [-0.3, -0.25) is 4.79 Å². The third kappa shape index (κ3) is 2.54. The maximum Gasteiger partial charge on any atom is 0.206 e. The summed E-state index contributed by atoms with van der Waals surface area (Å²) in [7, 11) is 1.55. The van der Waals surface area contributed by atoms with Crippen LogP contribution >= 0.6 is 38.9 Å². The van der Waals surface area contributed by atoms with Crippen LogP contribution in [0.1, 0.15) is 15.2 Å². The minimum absolute atomic E-state index is 0.0775. The molecule has 1 aromatic heterocycles. The van der Waals surface area contributed by atoms with Crippen LogP contribution in [0.3, 0.4) is 0 Å². The molecule has 0 aliphatic heterocycles. The highest BCUT2D eigenvalue weighted by molar-refractivity contribution is 9.10. The molecule has 0 fully saturated rings. The average Bonchev–Trinajstić information content (AvgIpc) is 2.80. The van der Waals surface area contributed by atoms with Crippen molar-refractivity contribution in [2.24, 2.45) is 0 Å². The lowest BCUT2D eigenvalue weighted by Crippen LogP contribution is -2.00. The van der Waals surface area contributed by atoms with Gasteiger partial charge >= 0.3 is 0 Å². The van der Waals surface area contributed by atoms with E-state index in [1.165, 1.54) is 11.3 Å². The molecular formula is C12H8BrClO2S. The van der Waals surface area contributed by atoms with Crippen LogP contribution in [-0.2, 0) is 0 Å². The first-order chi connectivity index (χ1) is 8.13. The van der Waals surface area contributed by atoms with Crippen LogP contribution in [-0.4, -0.2) is 12.9 Å². The first-order valence-corrected chi connectivity index (χ1v) is 6.79. The van der Waals surface area contributed by atoms with Gasteiger partial charge in [-0.25, -0.2) is 0 Å². The predicted molar refractivity (Wildman–Crippen MR) is 73.5 cm³/mol. The maximum absolute atomic E-state index is 12.2. The molecule has 0 spiro atoms. The first-order valence-electron chi connectivity index (χ1n) is 4.74. The number of hydrogen-bond donors (Lipinski definition) is 0. The monoisotopic (exact) mass is 330 g/mol. The minimum atomic E-state index is -0.0775. The van der Waals surface area contributed by atoms with Crippen LogP contribution in [0.5, 0.6) is 5.75 Å². The summed E-state index contributed by atoms with van der Waals surface area (Å²) in [6, 6.07) is 6.92. The Morgan fingerprint density at radius 1 is 1.41 bits per heavy atom. The normalized spacial score (nSPS) is 10.3. The molecule has 0 unspecified atom stereocenters. The quantitative estimate of drug-likeness (QED) is 0.779. The second-order valence-corrected chi connectivity index (χ2v) is 5.45. The standard InChI is InChI=1S/C12H8BrClO2S/c1-16-10-4-5-17-12(10)11(15)7-2-3-8(13)9(14)6-7/h2-6H,1H3. The fraction of sp³-hybridized carbons (Fsp3) is 0.0833. The molecule has 0 N–H and O–H groups in total. The molecule has 0 saturated carbocycles. The Kier molecular flexibility index (Phi) is 3.86. The zero-order chi connectivity index (χ0) is 12.4. The Bertz CT molecular complexity index is 565. The number of ether oxygens (including phenoxy) is 1. The highest BCUT2D eigenvalue weighted by atomic mass is 79.9. The molecule has 0 saturated heterocycles. The molecule has 0 bridgehead atoms. The molecule has 2 rings (SSSR count). The molecule has 0 amide bonds. The Morgan fingerprint density at radius 3 is 2.82 bits per heavy atom. The molecule has 17 heavy (non-hydrogen) atoms. The molecule has 1 heterocycles. The number of rotatable bonds is 3. The summed E-state index contributed by atoms with van der Waals surface area (Å²) >= 11 is 10.6. The topological polar surface area (TPSA) is 26.3 Å². The van der Waals surface area contributed by atoms with E-state index >= 15 is 0 Å². The lowest BCUT2D eigenvalue weighted by Gasteiger charge is -2.03. The Hall–Kier alpha value is -0.840. The number of halogens is 2. The summed E-state index contributed by atoms with van der Waals surface area (Å²) in [5.41, 5.74) is 0.555. The lowest BCUT2D eigenvalue weighted by atomic mass is 10.1. The summed E-state index contributed by atoms with van der Waals surface area (Å²) < 4.78 is 5.90. The maximum atomic E-state index is 12.2. The average molecular weight is 332 g/mol. The van der Waals surface area contributed by atoms with Crippen molar-refractivity contribution in [3.63, 3.8) is 0 Å². The number of carbonyl (C=O) groups is 1. The molecule has 2 nitrogen and oxygen atoms in total. The number of ketones is 1. The number of methoxy groups -OCH3 is 1. The molecular weight excluding hydrogens is 324 g/mol. The van der Waals surface area contributed by atoms with Gasteiger partial charge in [0.1, 0.15) is 10.6 Å². The third-order valence-electron chi connectivity index (χ3n) is 2.24. The van der Waals surface area contributed by atoms with Gasteiger partial charge in [-0.15, -0.1) is 11.3 Å². The second kappa shape index (κ2) is 5.21. The number of hydrogen-bond acceptors (Lipinski definition) is 3. The molecule has 0 atom stereocenters. The van der Waals surface area contributed by atoms with E-state index in [-0.39, 0.29) is 5.78 Å². The minimum Gasteiger partial charge on any atom is -0.495 e. The van der Waals surface area contributed by atoms with Gasteiger partial charge in [-0.1, -0.05) is 11.6 Å². The number of benzene rings is 1. The van der Waals surface area contributed by atoms with Gasteiger partial charge in [0.15, 0.2) is 0 Å². The van der Waals surface area contributed by atoms with Crippen molar-refractivity contribution in [3.05, 3.63) is 49.6 Å². The van der Waals surface area contributed by atoms with Gasteiger partial charge in [0, 0.05) is 10.0 Å². The van der Waals surface area contributed by atoms with Gasteiger partial charge in [0.05, 0.1) is 12.1 Å². The Balaban J connectivity index is 2.40. The van der Waals surface area contributed by atoms with E-state index in [1.54, 1.807) is 31.4 Å². The van der Waals surface area contributed by atoms with Gasteiger partial charge < -0.3 is 4.74 Å². The van der Waals surface area contributed by atoms with Crippen molar-refractivity contribution in [1.29, 1.82) is 0 Å². The van der Waals surface area contributed by atoms with Crippen molar-refractivity contribution in [2.75, 3.05) is 7.11 Å².